The Balaban J connectivity index is 1.86. The molecule has 0 aliphatic rings. The number of rotatable bonds is 8. The lowest BCUT2D eigenvalue weighted by Crippen LogP contribution is -1.87. The molecule has 0 aromatic heterocycles. The maximum Gasteiger partial charge on any atom is 0.137 e. The molecule has 0 saturated heterocycles. The van der Waals surface area contributed by atoms with Gasteiger partial charge in [-0.3, -0.25) is 0 Å². The zero-order valence-corrected chi connectivity index (χ0v) is 14.8. The van der Waals surface area contributed by atoms with Gasteiger partial charge in [0.2, 0.25) is 0 Å². The summed E-state index contributed by atoms with van der Waals surface area (Å²) in [6, 6.07) is 13.8. The molecule has 118 valence electrons. The van der Waals surface area contributed by atoms with Gasteiger partial charge in [-0.15, -0.1) is 0 Å². The van der Waals surface area contributed by atoms with Crippen LogP contribution in [0.4, 0.5) is 4.39 Å². The Morgan fingerprint density at radius 1 is 0.818 bits per heavy atom. The lowest BCUT2D eigenvalue weighted by Gasteiger charge is -2.06. The summed E-state index contributed by atoms with van der Waals surface area (Å²) in [6.45, 7) is 2.25. The summed E-state index contributed by atoms with van der Waals surface area (Å²) in [4.78, 5) is 0. The zero-order chi connectivity index (χ0) is 15.8. The van der Waals surface area contributed by atoms with Crippen molar-refractivity contribution in [1.29, 1.82) is 0 Å². The van der Waals surface area contributed by atoms with Crippen LogP contribution < -0.4 is 0 Å². The third kappa shape index (κ3) is 5.24. The maximum absolute atomic E-state index is 13.6. The predicted molar refractivity (Wildman–Crippen MR) is 96.6 cm³/mol. The highest BCUT2D eigenvalue weighted by Crippen LogP contribution is 2.25. The highest BCUT2D eigenvalue weighted by atomic mass is 79.9. The van der Waals surface area contributed by atoms with Gasteiger partial charge in [0, 0.05) is 0 Å². The molecule has 0 radical (unpaired) electrons. The molecule has 0 amide bonds. The Morgan fingerprint density at radius 3 is 2.14 bits per heavy atom. The van der Waals surface area contributed by atoms with Crippen LogP contribution in [-0.4, -0.2) is 0 Å². The van der Waals surface area contributed by atoms with Gasteiger partial charge in [0.15, 0.2) is 0 Å². The van der Waals surface area contributed by atoms with Gasteiger partial charge < -0.3 is 0 Å². The Bertz CT molecular complexity index is 575. The second-order valence-corrected chi connectivity index (χ2v) is 6.70. The molecule has 0 aliphatic carbocycles. The number of hydrogen-bond acceptors (Lipinski definition) is 0. The van der Waals surface area contributed by atoms with Crippen LogP contribution in [0.3, 0.4) is 0 Å². The second-order valence-electron chi connectivity index (χ2n) is 5.84. The van der Waals surface area contributed by atoms with E-state index < -0.39 is 0 Å². The summed E-state index contributed by atoms with van der Waals surface area (Å²) in [7, 11) is 0. The average Bonchev–Trinajstić information content (AvgIpc) is 2.54. The third-order valence-corrected chi connectivity index (χ3v) is 4.67. The molecule has 0 N–H and O–H groups in total. The molecule has 0 heterocycles. The number of unbranched alkanes of at least 4 members (excludes halogenated alkanes) is 5. The smallest absolute Gasteiger partial charge is 0.137 e. The van der Waals surface area contributed by atoms with Gasteiger partial charge in [-0.05, 0) is 57.6 Å². The summed E-state index contributed by atoms with van der Waals surface area (Å²) in [5.41, 5.74) is 3.36. The van der Waals surface area contributed by atoms with Crippen LogP contribution in [-0.2, 0) is 6.42 Å². The van der Waals surface area contributed by atoms with E-state index in [0.717, 1.165) is 17.5 Å². The Labute approximate surface area is 141 Å². The van der Waals surface area contributed by atoms with E-state index in [-0.39, 0.29) is 5.82 Å². The van der Waals surface area contributed by atoms with Crippen LogP contribution in [0.1, 0.15) is 51.0 Å². The largest absolute Gasteiger partial charge is 0.206 e. The Morgan fingerprint density at radius 2 is 1.45 bits per heavy atom. The standard InChI is InChI=1S/C20H24BrF/c1-2-3-4-5-6-7-8-16-9-11-17(12-10-16)18-13-14-19(21)20(22)15-18/h9-15H,2-8H2,1H3. The lowest BCUT2D eigenvalue weighted by molar-refractivity contribution is 0.607. The first-order valence-corrected chi connectivity index (χ1v) is 9.04. The summed E-state index contributed by atoms with van der Waals surface area (Å²) in [5.74, 6) is -0.214. The van der Waals surface area contributed by atoms with E-state index in [2.05, 4.69) is 47.1 Å². The lowest BCUT2D eigenvalue weighted by atomic mass is 10.0. The number of benzene rings is 2. The van der Waals surface area contributed by atoms with E-state index in [0.29, 0.717) is 4.47 Å². The fourth-order valence-electron chi connectivity index (χ4n) is 2.65. The minimum absolute atomic E-state index is 0.214. The average molecular weight is 363 g/mol. The number of hydrogen-bond donors (Lipinski definition) is 0. The van der Waals surface area contributed by atoms with E-state index in [9.17, 15) is 4.39 Å². The molecule has 0 fully saturated rings. The normalized spacial score (nSPS) is 10.9. The van der Waals surface area contributed by atoms with E-state index in [1.165, 1.54) is 44.1 Å². The summed E-state index contributed by atoms with van der Waals surface area (Å²) >= 11 is 3.19. The molecule has 22 heavy (non-hydrogen) atoms. The van der Waals surface area contributed by atoms with Gasteiger partial charge in [-0.2, -0.15) is 0 Å². The van der Waals surface area contributed by atoms with Crippen LogP contribution in [0.15, 0.2) is 46.9 Å². The van der Waals surface area contributed by atoms with Crippen molar-refractivity contribution in [2.24, 2.45) is 0 Å². The van der Waals surface area contributed by atoms with Crippen molar-refractivity contribution in [3.05, 3.63) is 58.3 Å². The van der Waals surface area contributed by atoms with E-state index in [4.69, 9.17) is 0 Å². The molecule has 0 aliphatic heterocycles. The fourth-order valence-corrected chi connectivity index (χ4v) is 2.90. The SMILES string of the molecule is CCCCCCCCc1ccc(-c2ccc(Br)c(F)c2)cc1. The van der Waals surface area contributed by atoms with Crippen molar-refractivity contribution in [2.75, 3.05) is 0 Å². The van der Waals surface area contributed by atoms with E-state index in [1.807, 2.05) is 6.07 Å². The number of halogens is 2. The van der Waals surface area contributed by atoms with Crippen LogP contribution in [0, 0.1) is 5.82 Å². The van der Waals surface area contributed by atoms with Gasteiger partial charge in [0.25, 0.3) is 0 Å². The summed E-state index contributed by atoms with van der Waals surface area (Å²) in [6.07, 6.45) is 9.10. The highest BCUT2D eigenvalue weighted by molar-refractivity contribution is 9.10. The molecular formula is C20H24BrF. The van der Waals surface area contributed by atoms with Crippen molar-refractivity contribution in [3.8, 4) is 11.1 Å². The molecule has 2 heteroatoms. The number of aryl methyl sites for hydroxylation is 1. The first kappa shape index (κ1) is 17.2. The molecule has 2 aromatic rings. The van der Waals surface area contributed by atoms with Gasteiger partial charge in [0.1, 0.15) is 5.82 Å². The van der Waals surface area contributed by atoms with Crippen molar-refractivity contribution in [1.82, 2.24) is 0 Å². The summed E-state index contributed by atoms with van der Waals surface area (Å²) < 4.78 is 14.1. The van der Waals surface area contributed by atoms with Gasteiger partial charge >= 0.3 is 0 Å². The van der Waals surface area contributed by atoms with E-state index >= 15 is 0 Å². The van der Waals surface area contributed by atoms with Crippen molar-refractivity contribution < 1.29 is 4.39 Å². The Hall–Kier alpha value is -1.15. The zero-order valence-electron chi connectivity index (χ0n) is 13.2. The molecule has 2 rings (SSSR count). The molecule has 0 unspecified atom stereocenters. The minimum Gasteiger partial charge on any atom is -0.206 e. The van der Waals surface area contributed by atoms with Gasteiger partial charge in [-0.1, -0.05) is 69.4 Å². The van der Waals surface area contributed by atoms with Gasteiger partial charge in [-0.25, -0.2) is 4.39 Å². The predicted octanol–water partition coefficient (Wildman–Crippen LogP) is 7.16. The molecule has 2 aromatic carbocycles. The van der Waals surface area contributed by atoms with Crippen LogP contribution >= 0.6 is 15.9 Å². The molecule has 0 bridgehead atoms. The molecule has 0 nitrogen and oxygen atoms in total. The first-order chi connectivity index (χ1) is 10.7. The molecule has 0 spiro atoms. The molecule has 0 saturated carbocycles. The first-order valence-electron chi connectivity index (χ1n) is 8.25. The fraction of sp³-hybridized carbons (Fsp3) is 0.400. The van der Waals surface area contributed by atoms with Crippen molar-refractivity contribution in [3.63, 3.8) is 0 Å². The second kappa shape index (κ2) is 9.09. The van der Waals surface area contributed by atoms with E-state index in [1.54, 1.807) is 12.1 Å². The van der Waals surface area contributed by atoms with Crippen LogP contribution in [0.5, 0.6) is 0 Å². The van der Waals surface area contributed by atoms with Crippen LogP contribution in [0.25, 0.3) is 11.1 Å². The van der Waals surface area contributed by atoms with Crippen molar-refractivity contribution >= 4 is 15.9 Å². The quantitative estimate of drug-likeness (QED) is 0.437. The minimum atomic E-state index is -0.214. The van der Waals surface area contributed by atoms with Crippen LogP contribution in [0.2, 0.25) is 0 Å². The highest BCUT2D eigenvalue weighted by Gasteiger charge is 2.03. The topological polar surface area (TPSA) is 0 Å². The molecular weight excluding hydrogens is 339 g/mol. The molecule has 0 atom stereocenters. The van der Waals surface area contributed by atoms with Crippen molar-refractivity contribution in [2.45, 2.75) is 51.9 Å². The summed E-state index contributed by atoms with van der Waals surface area (Å²) in [5, 5.41) is 0. The monoisotopic (exact) mass is 362 g/mol. The van der Waals surface area contributed by atoms with Gasteiger partial charge in [0.05, 0.1) is 4.47 Å². The maximum atomic E-state index is 13.6. The third-order valence-electron chi connectivity index (χ3n) is 4.03. The Kier molecular flexibility index (Phi) is 7.11.